The van der Waals surface area contributed by atoms with Gasteiger partial charge in [-0.15, -0.1) is 0 Å². The van der Waals surface area contributed by atoms with Gasteiger partial charge in [0, 0.05) is 5.56 Å². The van der Waals surface area contributed by atoms with E-state index in [9.17, 15) is 14.7 Å². The molecule has 0 radical (unpaired) electrons. The normalized spacial score (nSPS) is 10.1. The van der Waals surface area contributed by atoms with Crippen molar-refractivity contribution in [2.75, 3.05) is 14.2 Å². The van der Waals surface area contributed by atoms with Crippen LogP contribution in [0.3, 0.4) is 0 Å². The van der Waals surface area contributed by atoms with E-state index in [1.54, 1.807) is 25.1 Å². The van der Waals surface area contributed by atoms with Crippen molar-refractivity contribution in [3.8, 4) is 16.9 Å². The van der Waals surface area contributed by atoms with Crippen molar-refractivity contribution in [3.63, 3.8) is 0 Å². The molecule has 0 aromatic heterocycles. The summed E-state index contributed by atoms with van der Waals surface area (Å²) >= 11 is 0. The van der Waals surface area contributed by atoms with Gasteiger partial charge in [-0.25, -0.2) is 9.59 Å². The SMILES string of the molecule is COC(=O)c1c(C)cc(-c2ccccc2)c(O)c1C(=O)OC. The van der Waals surface area contributed by atoms with Crippen molar-refractivity contribution >= 4 is 11.9 Å². The summed E-state index contributed by atoms with van der Waals surface area (Å²) in [6.45, 7) is 1.67. The van der Waals surface area contributed by atoms with E-state index in [1.807, 2.05) is 18.2 Å². The molecule has 2 aromatic rings. The highest BCUT2D eigenvalue weighted by Crippen LogP contribution is 2.37. The molecule has 5 heteroatoms. The summed E-state index contributed by atoms with van der Waals surface area (Å²) < 4.78 is 9.39. The zero-order chi connectivity index (χ0) is 16.3. The number of carbonyl (C=O) groups excluding carboxylic acids is 2. The summed E-state index contributed by atoms with van der Waals surface area (Å²) in [6, 6.07) is 10.7. The summed E-state index contributed by atoms with van der Waals surface area (Å²) in [5.74, 6) is -1.80. The van der Waals surface area contributed by atoms with Crippen LogP contribution in [0.2, 0.25) is 0 Å². The first-order chi connectivity index (χ1) is 10.5. The first kappa shape index (κ1) is 15.6. The molecule has 0 fully saturated rings. The number of benzene rings is 2. The van der Waals surface area contributed by atoms with Crippen LogP contribution < -0.4 is 0 Å². The Morgan fingerprint density at radius 1 is 0.955 bits per heavy atom. The average Bonchev–Trinajstić information content (AvgIpc) is 2.55. The Balaban J connectivity index is 2.79. The maximum Gasteiger partial charge on any atom is 0.342 e. The van der Waals surface area contributed by atoms with Crippen LogP contribution in [0.15, 0.2) is 36.4 Å². The predicted octanol–water partition coefficient (Wildman–Crippen LogP) is 2.94. The Kier molecular flexibility index (Phi) is 4.46. The number of methoxy groups -OCH3 is 2. The van der Waals surface area contributed by atoms with Crippen LogP contribution in [-0.2, 0) is 9.47 Å². The lowest BCUT2D eigenvalue weighted by Crippen LogP contribution is -2.14. The fourth-order valence-electron chi connectivity index (χ4n) is 2.31. The van der Waals surface area contributed by atoms with Crippen LogP contribution in [0.25, 0.3) is 11.1 Å². The van der Waals surface area contributed by atoms with Crippen molar-refractivity contribution in [2.24, 2.45) is 0 Å². The Morgan fingerprint density at radius 3 is 2.05 bits per heavy atom. The molecule has 0 saturated heterocycles. The van der Waals surface area contributed by atoms with Crippen molar-refractivity contribution < 1.29 is 24.2 Å². The lowest BCUT2D eigenvalue weighted by atomic mass is 9.93. The van der Waals surface area contributed by atoms with Gasteiger partial charge in [0.15, 0.2) is 0 Å². The molecule has 0 aliphatic heterocycles. The second-order valence-corrected chi connectivity index (χ2v) is 4.69. The number of hydrogen-bond acceptors (Lipinski definition) is 5. The number of phenols is 1. The molecule has 0 amide bonds. The summed E-state index contributed by atoms with van der Waals surface area (Å²) in [7, 11) is 2.40. The average molecular weight is 300 g/mol. The van der Waals surface area contributed by atoms with Crippen molar-refractivity contribution in [3.05, 3.63) is 53.1 Å². The van der Waals surface area contributed by atoms with Crippen molar-refractivity contribution in [1.82, 2.24) is 0 Å². The van der Waals surface area contributed by atoms with Gasteiger partial charge in [0.1, 0.15) is 11.3 Å². The van der Waals surface area contributed by atoms with Gasteiger partial charge in [-0.05, 0) is 24.1 Å². The third kappa shape index (κ3) is 2.65. The Morgan fingerprint density at radius 2 is 1.50 bits per heavy atom. The number of aryl methyl sites for hydroxylation is 1. The van der Waals surface area contributed by atoms with E-state index in [1.165, 1.54) is 14.2 Å². The van der Waals surface area contributed by atoms with Crippen LogP contribution >= 0.6 is 0 Å². The van der Waals surface area contributed by atoms with Crippen LogP contribution in [0, 0.1) is 6.92 Å². The standard InChI is InChI=1S/C17H16O5/c1-10-9-12(11-7-5-4-6-8-11)15(18)14(17(20)22-3)13(10)16(19)21-2/h4-9,18H,1-3H3. The smallest absolute Gasteiger partial charge is 0.342 e. The van der Waals surface area contributed by atoms with E-state index in [2.05, 4.69) is 0 Å². The molecular formula is C17H16O5. The van der Waals surface area contributed by atoms with Crippen LogP contribution in [0.5, 0.6) is 5.75 Å². The number of phenolic OH excluding ortho intramolecular Hbond substituents is 1. The van der Waals surface area contributed by atoms with E-state index in [4.69, 9.17) is 9.47 Å². The molecule has 22 heavy (non-hydrogen) atoms. The fourth-order valence-corrected chi connectivity index (χ4v) is 2.31. The number of rotatable bonds is 3. The first-order valence-electron chi connectivity index (χ1n) is 6.59. The Bertz CT molecular complexity index is 720. The van der Waals surface area contributed by atoms with E-state index >= 15 is 0 Å². The maximum atomic E-state index is 12.0. The number of hydrogen-bond donors (Lipinski definition) is 1. The minimum Gasteiger partial charge on any atom is -0.506 e. The van der Waals surface area contributed by atoms with Gasteiger partial charge in [-0.3, -0.25) is 0 Å². The zero-order valence-electron chi connectivity index (χ0n) is 12.5. The molecule has 0 bridgehead atoms. The molecule has 2 rings (SSSR count). The fraction of sp³-hybridized carbons (Fsp3) is 0.176. The summed E-state index contributed by atoms with van der Waals surface area (Å²) in [5, 5.41) is 10.5. The summed E-state index contributed by atoms with van der Waals surface area (Å²) in [4.78, 5) is 24.0. The molecule has 5 nitrogen and oxygen atoms in total. The molecular weight excluding hydrogens is 284 g/mol. The van der Waals surface area contributed by atoms with Gasteiger partial charge in [-0.2, -0.15) is 0 Å². The van der Waals surface area contributed by atoms with Gasteiger partial charge >= 0.3 is 11.9 Å². The molecule has 0 unspecified atom stereocenters. The number of aromatic hydroxyl groups is 1. The van der Waals surface area contributed by atoms with Gasteiger partial charge in [0.05, 0.1) is 19.8 Å². The van der Waals surface area contributed by atoms with Crippen molar-refractivity contribution in [1.29, 1.82) is 0 Å². The Labute approximate surface area is 128 Å². The van der Waals surface area contributed by atoms with E-state index in [0.717, 1.165) is 5.56 Å². The topological polar surface area (TPSA) is 72.8 Å². The highest BCUT2D eigenvalue weighted by molar-refractivity contribution is 6.07. The molecule has 2 aromatic carbocycles. The second-order valence-electron chi connectivity index (χ2n) is 4.69. The number of carbonyl (C=O) groups is 2. The molecule has 0 heterocycles. The van der Waals surface area contributed by atoms with Gasteiger partial charge in [-0.1, -0.05) is 30.3 Å². The molecule has 0 saturated carbocycles. The minimum absolute atomic E-state index is 0.00605. The zero-order valence-corrected chi connectivity index (χ0v) is 12.5. The molecule has 1 N–H and O–H groups in total. The van der Waals surface area contributed by atoms with Gasteiger partial charge in [0.25, 0.3) is 0 Å². The maximum absolute atomic E-state index is 12.0. The quantitative estimate of drug-likeness (QED) is 0.882. The Hall–Kier alpha value is -2.82. The first-order valence-corrected chi connectivity index (χ1v) is 6.59. The third-order valence-corrected chi connectivity index (χ3v) is 3.36. The molecule has 0 aliphatic rings. The van der Waals surface area contributed by atoms with E-state index in [-0.39, 0.29) is 16.9 Å². The highest BCUT2D eigenvalue weighted by Gasteiger charge is 2.27. The summed E-state index contributed by atoms with van der Waals surface area (Å²) in [5.41, 5.74) is 1.51. The van der Waals surface area contributed by atoms with Crippen LogP contribution in [-0.4, -0.2) is 31.3 Å². The monoisotopic (exact) mass is 300 g/mol. The third-order valence-electron chi connectivity index (χ3n) is 3.36. The lowest BCUT2D eigenvalue weighted by Gasteiger charge is -2.15. The van der Waals surface area contributed by atoms with Gasteiger partial charge < -0.3 is 14.6 Å². The minimum atomic E-state index is -0.793. The number of ether oxygens (including phenoxy) is 2. The predicted molar refractivity (Wildman–Crippen MR) is 81.0 cm³/mol. The highest BCUT2D eigenvalue weighted by atomic mass is 16.5. The molecule has 0 spiro atoms. The molecule has 0 aliphatic carbocycles. The summed E-state index contributed by atoms with van der Waals surface area (Å²) in [6.07, 6.45) is 0. The van der Waals surface area contributed by atoms with E-state index < -0.39 is 11.9 Å². The van der Waals surface area contributed by atoms with Gasteiger partial charge in [0.2, 0.25) is 0 Å². The van der Waals surface area contributed by atoms with Crippen molar-refractivity contribution in [2.45, 2.75) is 6.92 Å². The lowest BCUT2D eigenvalue weighted by molar-refractivity contribution is 0.0551. The van der Waals surface area contributed by atoms with Crippen LogP contribution in [0.1, 0.15) is 26.3 Å². The van der Waals surface area contributed by atoms with E-state index in [0.29, 0.717) is 11.1 Å². The molecule has 114 valence electrons. The number of esters is 2. The largest absolute Gasteiger partial charge is 0.506 e. The van der Waals surface area contributed by atoms with Crippen LogP contribution in [0.4, 0.5) is 0 Å². The molecule has 0 atom stereocenters. The second kappa shape index (κ2) is 6.30.